The van der Waals surface area contributed by atoms with Crippen molar-refractivity contribution in [2.24, 2.45) is 0 Å². The van der Waals surface area contributed by atoms with Gasteiger partial charge < -0.3 is 0 Å². The van der Waals surface area contributed by atoms with Crippen LogP contribution in [0.3, 0.4) is 0 Å². The molecule has 264 valence electrons. The van der Waals surface area contributed by atoms with Crippen LogP contribution in [-0.2, 0) is 5.41 Å². The maximum absolute atomic E-state index is 5.33. The largest absolute Gasteiger partial charge is 0.228 e. The summed E-state index contributed by atoms with van der Waals surface area (Å²) in [6.07, 6.45) is 0. The number of hydrogen-bond acceptors (Lipinski definition) is 3. The van der Waals surface area contributed by atoms with Crippen LogP contribution in [0.15, 0.2) is 182 Å². The van der Waals surface area contributed by atoms with Crippen molar-refractivity contribution in [2.75, 3.05) is 0 Å². The van der Waals surface area contributed by atoms with Gasteiger partial charge in [0.15, 0.2) is 5.82 Å². The van der Waals surface area contributed by atoms with E-state index in [4.69, 9.17) is 9.97 Å². The van der Waals surface area contributed by atoms with Gasteiger partial charge in [-0.3, -0.25) is 0 Å². The van der Waals surface area contributed by atoms with E-state index in [0.29, 0.717) is 5.82 Å². The minimum atomic E-state index is -0.132. The summed E-state index contributed by atoms with van der Waals surface area (Å²) < 4.78 is 2.61. The van der Waals surface area contributed by atoms with Crippen molar-refractivity contribution >= 4 is 42.3 Å². The first-order valence-electron chi connectivity index (χ1n) is 19.2. The van der Waals surface area contributed by atoms with Crippen molar-refractivity contribution in [1.29, 1.82) is 0 Å². The smallest absolute Gasteiger partial charge is 0.160 e. The minimum absolute atomic E-state index is 0.132. The Hall–Kier alpha value is -6.68. The number of benzene rings is 8. The molecule has 0 bridgehead atoms. The van der Waals surface area contributed by atoms with Gasteiger partial charge in [0.1, 0.15) is 0 Å². The number of hydrogen-bond donors (Lipinski definition) is 0. The average molecular weight is 733 g/mol. The lowest BCUT2D eigenvalue weighted by Crippen LogP contribution is -2.14. The molecule has 1 aliphatic carbocycles. The first-order valence-corrected chi connectivity index (χ1v) is 20.1. The van der Waals surface area contributed by atoms with Crippen LogP contribution >= 0.6 is 11.3 Å². The van der Waals surface area contributed by atoms with E-state index >= 15 is 0 Å². The second kappa shape index (κ2) is 12.7. The standard InChI is InChI=1S/C53H36N2S/c1-53(2)44-26-13-25-41(50(44)43-30-34-17-6-7-18-35(34)31-45(43)53)39-21-8-9-22-40(39)47-32-46(54-52(55-47)33-15-4-3-5-16-33)37-20-12-19-36(29-37)38-24-14-28-49-51(38)42-23-10-11-27-48(42)56-49/h3-32H,1-2H3. The number of nitrogens with zero attached hydrogens (tertiary/aromatic N) is 2. The van der Waals surface area contributed by atoms with E-state index in [0.717, 1.165) is 33.6 Å². The van der Waals surface area contributed by atoms with Gasteiger partial charge in [0.2, 0.25) is 0 Å². The first-order chi connectivity index (χ1) is 27.5. The maximum atomic E-state index is 5.33. The van der Waals surface area contributed by atoms with Crippen molar-refractivity contribution in [1.82, 2.24) is 9.97 Å². The maximum Gasteiger partial charge on any atom is 0.160 e. The lowest BCUT2D eigenvalue weighted by molar-refractivity contribution is 0.661. The van der Waals surface area contributed by atoms with E-state index in [1.54, 1.807) is 0 Å². The van der Waals surface area contributed by atoms with Crippen LogP contribution in [0.2, 0.25) is 0 Å². The third kappa shape index (κ3) is 5.16. The van der Waals surface area contributed by atoms with Crippen molar-refractivity contribution in [3.05, 3.63) is 193 Å². The van der Waals surface area contributed by atoms with Crippen LogP contribution < -0.4 is 0 Å². The van der Waals surface area contributed by atoms with Crippen molar-refractivity contribution < 1.29 is 0 Å². The van der Waals surface area contributed by atoms with Gasteiger partial charge in [-0.2, -0.15) is 0 Å². The predicted octanol–water partition coefficient (Wildman–Crippen LogP) is 14.6. The zero-order valence-corrected chi connectivity index (χ0v) is 31.9. The SMILES string of the molecule is CC1(C)c2cc3ccccc3cc2-c2c(-c3ccccc3-c3cc(-c4cccc(-c5cccc6sc7ccccc7c56)c4)nc(-c4ccccc4)n3)cccc21. The van der Waals surface area contributed by atoms with Gasteiger partial charge in [0, 0.05) is 42.3 Å². The Morgan fingerprint density at radius 3 is 1.91 bits per heavy atom. The molecule has 8 aromatic carbocycles. The Kier molecular flexibility index (Phi) is 7.42. The molecule has 0 fully saturated rings. The Balaban J connectivity index is 1.10. The molecule has 11 rings (SSSR count). The lowest BCUT2D eigenvalue weighted by Gasteiger charge is -2.22. The van der Waals surface area contributed by atoms with E-state index < -0.39 is 0 Å². The van der Waals surface area contributed by atoms with Gasteiger partial charge in [-0.05, 0) is 91.7 Å². The number of fused-ring (bicyclic) bond motifs is 7. The predicted molar refractivity (Wildman–Crippen MR) is 237 cm³/mol. The molecule has 0 unspecified atom stereocenters. The molecule has 1 aliphatic rings. The van der Waals surface area contributed by atoms with Gasteiger partial charge >= 0.3 is 0 Å². The van der Waals surface area contributed by atoms with E-state index in [1.807, 2.05) is 17.4 Å². The Labute approximate surface area is 330 Å². The fourth-order valence-electron chi connectivity index (χ4n) is 8.95. The molecule has 0 amide bonds. The van der Waals surface area contributed by atoms with Crippen molar-refractivity contribution in [3.63, 3.8) is 0 Å². The second-order valence-corrected chi connectivity index (χ2v) is 16.4. The molecule has 0 radical (unpaired) electrons. The number of thiophene rings is 1. The van der Waals surface area contributed by atoms with E-state index in [9.17, 15) is 0 Å². The number of rotatable bonds is 5. The summed E-state index contributed by atoms with van der Waals surface area (Å²) >= 11 is 1.85. The third-order valence-electron chi connectivity index (χ3n) is 11.7. The normalized spacial score (nSPS) is 13.0. The van der Waals surface area contributed by atoms with Crippen LogP contribution in [0.25, 0.3) is 98.2 Å². The fourth-order valence-corrected chi connectivity index (χ4v) is 10.1. The van der Waals surface area contributed by atoms with Gasteiger partial charge in [-0.25, -0.2) is 9.97 Å². The summed E-state index contributed by atoms with van der Waals surface area (Å²) in [5.41, 5.74) is 14.9. The Morgan fingerprint density at radius 2 is 1.04 bits per heavy atom. The molecule has 0 spiro atoms. The van der Waals surface area contributed by atoms with E-state index in [-0.39, 0.29) is 5.41 Å². The molecule has 2 heterocycles. The highest BCUT2D eigenvalue weighted by Gasteiger charge is 2.37. The molecular formula is C53H36N2S. The highest BCUT2D eigenvalue weighted by atomic mass is 32.1. The van der Waals surface area contributed by atoms with Gasteiger partial charge in [0.05, 0.1) is 11.4 Å². The quantitative estimate of drug-likeness (QED) is 0.176. The van der Waals surface area contributed by atoms with Gasteiger partial charge in [-0.15, -0.1) is 11.3 Å². The summed E-state index contributed by atoms with van der Waals surface area (Å²) in [7, 11) is 0. The van der Waals surface area contributed by atoms with Crippen LogP contribution in [0, 0.1) is 0 Å². The van der Waals surface area contributed by atoms with E-state index in [1.165, 1.54) is 69.9 Å². The molecule has 3 heteroatoms. The second-order valence-electron chi connectivity index (χ2n) is 15.3. The summed E-state index contributed by atoms with van der Waals surface area (Å²) in [5.74, 6) is 0.709. The van der Waals surface area contributed by atoms with E-state index in [2.05, 4.69) is 190 Å². The average Bonchev–Trinajstić information content (AvgIpc) is 3.75. The molecule has 56 heavy (non-hydrogen) atoms. The topological polar surface area (TPSA) is 25.8 Å². The summed E-state index contributed by atoms with van der Waals surface area (Å²) in [5, 5.41) is 5.14. The lowest BCUT2D eigenvalue weighted by atomic mass is 9.81. The van der Waals surface area contributed by atoms with Crippen LogP contribution in [0.1, 0.15) is 25.0 Å². The Morgan fingerprint density at radius 1 is 0.411 bits per heavy atom. The monoisotopic (exact) mass is 732 g/mol. The van der Waals surface area contributed by atoms with Crippen molar-refractivity contribution in [3.8, 4) is 67.3 Å². The van der Waals surface area contributed by atoms with Gasteiger partial charge in [0.25, 0.3) is 0 Å². The van der Waals surface area contributed by atoms with Crippen LogP contribution in [0.4, 0.5) is 0 Å². The summed E-state index contributed by atoms with van der Waals surface area (Å²) in [4.78, 5) is 10.6. The van der Waals surface area contributed by atoms with Crippen LogP contribution in [0.5, 0.6) is 0 Å². The molecule has 0 aliphatic heterocycles. The van der Waals surface area contributed by atoms with Crippen molar-refractivity contribution in [2.45, 2.75) is 19.3 Å². The molecule has 2 aromatic heterocycles. The highest BCUT2D eigenvalue weighted by Crippen LogP contribution is 2.54. The number of aromatic nitrogens is 2. The molecule has 0 atom stereocenters. The highest BCUT2D eigenvalue weighted by molar-refractivity contribution is 7.25. The molecule has 0 saturated carbocycles. The molecule has 0 saturated heterocycles. The zero-order chi connectivity index (χ0) is 37.4. The summed E-state index contributed by atoms with van der Waals surface area (Å²) in [6, 6.07) is 65.9. The Bertz CT molecular complexity index is 3170. The van der Waals surface area contributed by atoms with Gasteiger partial charge in [-0.1, -0.05) is 159 Å². The van der Waals surface area contributed by atoms with Crippen LogP contribution in [-0.4, -0.2) is 9.97 Å². The third-order valence-corrected chi connectivity index (χ3v) is 12.8. The molecule has 0 N–H and O–H groups in total. The molecule has 2 nitrogen and oxygen atoms in total. The molecular weight excluding hydrogens is 697 g/mol. The summed E-state index contributed by atoms with van der Waals surface area (Å²) in [6.45, 7) is 4.72. The molecule has 10 aromatic rings. The zero-order valence-electron chi connectivity index (χ0n) is 31.1. The minimum Gasteiger partial charge on any atom is -0.228 e. The first kappa shape index (κ1) is 32.7. The fraction of sp³-hybridized carbons (Fsp3) is 0.0566.